The highest BCUT2D eigenvalue weighted by Crippen LogP contribution is 2.30. The molecule has 0 atom stereocenters. The molecule has 0 bridgehead atoms. The SMILES string of the molecule is O=C(c1coc(CSc2nnc(-c3ccccc3)n2-c2ccccc2F)n1)N(CCc1ccccc1)Cc1ccccc1. The summed E-state index contributed by atoms with van der Waals surface area (Å²) in [5.74, 6) is 0.559. The van der Waals surface area contributed by atoms with Gasteiger partial charge in [-0.3, -0.25) is 9.36 Å². The molecule has 0 N–H and O–H groups in total. The Kier molecular flexibility index (Phi) is 8.70. The molecule has 0 aliphatic heterocycles. The number of nitrogens with zero attached hydrogens (tertiary/aromatic N) is 5. The molecule has 6 rings (SSSR count). The lowest BCUT2D eigenvalue weighted by Crippen LogP contribution is -2.32. The second-order valence-electron chi connectivity index (χ2n) is 9.82. The summed E-state index contributed by atoms with van der Waals surface area (Å²) in [5.41, 5.74) is 3.57. The Morgan fingerprint density at radius 1 is 0.814 bits per heavy atom. The van der Waals surface area contributed by atoms with Crippen molar-refractivity contribution in [2.45, 2.75) is 23.9 Å². The van der Waals surface area contributed by atoms with Gasteiger partial charge in [0.15, 0.2) is 16.7 Å². The Labute approximate surface area is 253 Å². The largest absolute Gasteiger partial charge is 0.447 e. The third-order valence-electron chi connectivity index (χ3n) is 6.87. The minimum atomic E-state index is -0.389. The van der Waals surface area contributed by atoms with Crippen molar-refractivity contribution in [2.75, 3.05) is 6.54 Å². The van der Waals surface area contributed by atoms with Crippen LogP contribution in [0, 0.1) is 5.82 Å². The molecular weight excluding hydrogens is 561 g/mol. The molecule has 0 fully saturated rings. The van der Waals surface area contributed by atoms with E-state index in [9.17, 15) is 9.18 Å². The van der Waals surface area contributed by atoms with Crippen molar-refractivity contribution < 1.29 is 13.6 Å². The number of aromatic nitrogens is 4. The predicted molar refractivity (Wildman–Crippen MR) is 164 cm³/mol. The molecule has 0 saturated heterocycles. The molecule has 0 aliphatic rings. The van der Waals surface area contributed by atoms with E-state index in [0.29, 0.717) is 35.6 Å². The van der Waals surface area contributed by atoms with Crippen LogP contribution in [0.5, 0.6) is 0 Å². The van der Waals surface area contributed by atoms with Gasteiger partial charge in [-0.15, -0.1) is 10.2 Å². The number of halogens is 1. The van der Waals surface area contributed by atoms with E-state index in [2.05, 4.69) is 27.3 Å². The molecule has 43 heavy (non-hydrogen) atoms. The Bertz CT molecular complexity index is 1790. The normalized spacial score (nSPS) is 11.0. The van der Waals surface area contributed by atoms with Crippen LogP contribution < -0.4 is 0 Å². The molecule has 2 aromatic heterocycles. The summed E-state index contributed by atoms with van der Waals surface area (Å²) in [6, 6.07) is 36.0. The van der Waals surface area contributed by atoms with Crippen molar-refractivity contribution in [1.29, 1.82) is 0 Å². The van der Waals surface area contributed by atoms with Crippen molar-refractivity contribution >= 4 is 17.7 Å². The molecule has 0 saturated carbocycles. The summed E-state index contributed by atoms with van der Waals surface area (Å²) in [5, 5.41) is 9.21. The molecular formula is C34H28FN5O2S. The van der Waals surface area contributed by atoms with E-state index in [1.54, 1.807) is 27.7 Å². The standard InChI is InChI=1S/C34H28FN5O2S/c35-28-18-10-11-19-30(28)40-32(27-16-8-3-9-17-27)37-38-34(40)43-24-31-36-29(23-42-31)33(41)39(22-26-14-6-2-7-15-26)21-20-25-12-4-1-5-13-25/h1-19,23H,20-22,24H2. The van der Waals surface area contributed by atoms with Gasteiger partial charge in [-0.1, -0.05) is 115 Å². The Morgan fingerprint density at radius 2 is 1.47 bits per heavy atom. The molecule has 1 amide bonds. The fraction of sp³-hybridized carbons (Fsp3) is 0.118. The number of hydrogen-bond donors (Lipinski definition) is 0. The van der Waals surface area contributed by atoms with Crippen LogP contribution >= 0.6 is 11.8 Å². The zero-order valence-corrected chi connectivity index (χ0v) is 24.0. The number of oxazole rings is 1. The first kappa shape index (κ1) is 28.1. The van der Waals surface area contributed by atoms with Crippen LogP contribution in [0.15, 0.2) is 131 Å². The fourth-order valence-electron chi connectivity index (χ4n) is 4.72. The topological polar surface area (TPSA) is 77.0 Å². The monoisotopic (exact) mass is 589 g/mol. The minimum absolute atomic E-state index is 0.208. The number of carbonyl (C=O) groups is 1. The summed E-state index contributed by atoms with van der Waals surface area (Å²) >= 11 is 1.30. The number of thioether (sulfide) groups is 1. The highest BCUT2D eigenvalue weighted by atomic mass is 32.2. The number of rotatable bonds is 11. The summed E-state index contributed by atoms with van der Waals surface area (Å²) in [6.07, 6.45) is 2.12. The van der Waals surface area contributed by atoms with Crippen LogP contribution in [0.4, 0.5) is 4.39 Å². The predicted octanol–water partition coefficient (Wildman–Crippen LogP) is 7.24. The highest BCUT2D eigenvalue weighted by Gasteiger charge is 2.22. The van der Waals surface area contributed by atoms with Crippen molar-refractivity contribution in [3.8, 4) is 17.1 Å². The van der Waals surface area contributed by atoms with Crippen LogP contribution in [0.1, 0.15) is 27.5 Å². The third-order valence-corrected chi connectivity index (χ3v) is 7.78. The smallest absolute Gasteiger partial charge is 0.276 e. The zero-order chi connectivity index (χ0) is 29.4. The van der Waals surface area contributed by atoms with Gasteiger partial charge in [-0.25, -0.2) is 9.37 Å². The average Bonchev–Trinajstić information content (AvgIpc) is 3.71. The maximum absolute atomic E-state index is 14.9. The molecule has 0 aliphatic carbocycles. The maximum Gasteiger partial charge on any atom is 0.276 e. The molecule has 4 aromatic carbocycles. The third kappa shape index (κ3) is 6.73. The van der Waals surface area contributed by atoms with E-state index in [-0.39, 0.29) is 23.2 Å². The van der Waals surface area contributed by atoms with Crippen molar-refractivity contribution in [2.24, 2.45) is 0 Å². The van der Waals surface area contributed by atoms with E-state index >= 15 is 0 Å². The first-order valence-electron chi connectivity index (χ1n) is 13.9. The summed E-state index contributed by atoms with van der Waals surface area (Å²) in [4.78, 5) is 19.9. The van der Waals surface area contributed by atoms with Gasteiger partial charge in [0.25, 0.3) is 5.91 Å². The van der Waals surface area contributed by atoms with Crippen molar-refractivity contribution in [1.82, 2.24) is 24.6 Å². The van der Waals surface area contributed by atoms with Gasteiger partial charge in [-0.2, -0.15) is 0 Å². The van der Waals surface area contributed by atoms with Gasteiger partial charge < -0.3 is 9.32 Å². The van der Waals surface area contributed by atoms with Gasteiger partial charge in [-0.05, 0) is 29.7 Å². The van der Waals surface area contributed by atoms with Gasteiger partial charge >= 0.3 is 0 Å². The van der Waals surface area contributed by atoms with E-state index in [0.717, 1.165) is 23.1 Å². The number of benzene rings is 4. The molecule has 7 nitrogen and oxygen atoms in total. The number of amides is 1. The lowest BCUT2D eigenvalue weighted by Gasteiger charge is -2.22. The van der Waals surface area contributed by atoms with E-state index in [4.69, 9.17) is 4.42 Å². The molecule has 0 spiro atoms. The number of hydrogen-bond acceptors (Lipinski definition) is 6. The number of para-hydroxylation sites is 1. The van der Waals surface area contributed by atoms with Crippen LogP contribution in [-0.2, 0) is 18.7 Å². The quantitative estimate of drug-likeness (QED) is 0.148. The van der Waals surface area contributed by atoms with E-state index in [1.807, 2.05) is 78.9 Å². The molecule has 9 heteroatoms. The lowest BCUT2D eigenvalue weighted by molar-refractivity contribution is 0.0739. The van der Waals surface area contributed by atoms with Gasteiger partial charge in [0.05, 0.1) is 11.4 Å². The summed E-state index contributed by atoms with van der Waals surface area (Å²) in [7, 11) is 0. The van der Waals surface area contributed by atoms with Crippen molar-refractivity contribution in [3.63, 3.8) is 0 Å². The van der Waals surface area contributed by atoms with E-state index < -0.39 is 0 Å². The van der Waals surface area contributed by atoms with Gasteiger partial charge in [0, 0.05) is 18.7 Å². The molecule has 6 aromatic rings. The summed E-state index contributed by atoms with van der Waals surface area (Å²) < 4.78 is 22.3. The minimum Gasteiger partial charge on any atom is -0.447 e. The molecule has 2 heterocycles. The lowest BCUT2D eigenvalue weighted by atomic mass is 10.1. The van der Waals surface area contributed by atoms with Crippen LogP contribution in [-0.4, -0.2) is 37.1 Å². The van der Waals surface area contributed by atoms with Crippen LogP contribution in [0.25, 0.3) is 17.1 Å². The molecule has 0 unspecified atom stereocenters. The molecule has 214 valence electrons. The van der Waals surface area contributed by atoms with Crippen LogP contribution in [0.2, 0.25) is 0 Å². The van der Waals surface area contributed by atoms with E-state index in [1.165, 1.54) is 24.1 Å². The second kappa shape index (κ2) is 13.3. The van der Waals surface area contributed by atoms with Crippen molar-refractivity contribution in [3.05, 3.63) is 150 Å². The van der Waals surface area contributed by atoms with Crippen LogP contribution in [0.3, 0.4) is 0 Å². The molecule has 0 radical (unpaired) electrons. The zero-order valence-electron chi connectivity index (χ0n) is 23.2. The van der Waals surface area contributed by atoms with Gasteiger partial charge in [0.1, 0.15) is 12.1 Å². The fourth-order valence-corrected chi connectivity index (χ4v) is 5.51. The summed E-state index contributed by atoms with van der Waals surface area (Å²) in [6.45, 7) is 0.986. The Hall–Kier alpha value is -5.02. The second-order valence-corrected chi connectivity index (χ2v) is 10.8. The Morgan fingerprint density at radius 3 is 2.19 bits per heavy atom. The van der Waals surface area contributed by atoms with Gasteiger partial charge in [0.2, 0.25) is 5.89 Å². The average molecular weight is 590 g/mol. The Balaban J connectivity index is 1.21. The maximum atomic E-state index is 14.9. The first-order chi connectivity index (χ1) is 21.2. The highest BCUT2D eigenvalue weighted by molar-refractivity contribution is 7.98. The number of carbonyl (C=O) groups excluding carboxylic acids is 1. The first-order valence-corrected chi connectivity index (χ1v) is 14.8.